The highest BCUT2D eigenvalue weighted by Gasteiger charge is 2.47. The third-order valence-electron chi connectivity index (χ3n) is 5.65. The zero-order chi connectivity index (χ0) is 24.1. The van der Waals surface area contributed by atoms with Gasteiger partial charge >= 0.3 is 0 Å². The van der Waals surface area contributed by atoms with Gasteiger partial charge < -0.3 is 19.5 Å². The molecule has 4 rings (SSSR count). The molecule has 1 unspecified atom stereocenters. The number of methoxy groups -OCH3 is 1. The Bertz CT molecular complexity index is 1210. The Kier molecular flexibility index (Phi) is 6.92. The van der Waals surface area contributed by atoms with Gasteiger partial charge in [-0.3, -0.25) is 14.6 Å². The summed E-state index contributed by atoms with van der Waals surface area (Å²) in [5.74, 6) is -0.505. The fourth-order valence-electron chi connectivity index (χ4n) is 4.03. The van der Waals surface area contributed by atoms with Gasteiger partial charge in [0, 0.05) is 30.1 Å². The molecule has 2 heterocycles. The van der Waals surface area contributed by atoms with Gasteiger partial charge in [0.25, 0.3) is 11.7 Å². The van der Waals surface area contributed by atoms with Crippen LogP contribution in [0, 0.1) is 0 Å². The Labute approximate surface area is 198 Å². The third-order valence-corrected chi connectivity index (χ3v) is 5.65. The van der Waals surface area contributed by atoms with Crippen molar-refractivity contribution in [1.29, 1.82) is 0 Å². The van der Waals surface area contributed by atoms with Crippen LogP contribution >= 0.6 is 0 Å². The number of amides is 1. The van der Waals surface area contributed by atoms with Crippen molar-refractivity contribution in [3.8, 4) is 11.5 Å². The van der Waals surface area contributed by atoms with Gasteiger partial charge in [0.2, 0.25) is 0 Å². The lowest BCUT2D eigenvalue weighted by atomic mass is 9.94. The minimum absolute atomic E-state index is 0.0145. The number of likely N-dealkylation sites (tertiary alicyclic amines) is 1. The lowest BCUT2D eigenvalue weighted by Gasteiger charge is -2.26. The van der Waals surface area contributed by atoms with E-state index in [2.05, 4.69) is 4.98 Å². The summed E-state index contributed by atoms with van der Waals surface area (Å²) in [6.07, 6.45) is 4.16. The Morgan fingerprint density at radius 2 is 1.82 bits per heavy atom. The number of benzene rings is 2. The Hall–Kier alpha value is -4.13. The van der Waals surface area contributed by atoms with Gasteiger partial charge in [-0.1, -0.05) is 31.2 Å². The van der Waals surface area contributed by atoms with Crippen LogP contribution in [-0.2, 0) is 16.1 Å². The van der Waals surface area contributed by atoms with E-state index in [4.69, 9.17) is 9.47 Å². The minimum atomic E-state index is -0.827. The fraction of sp³-hybridized carbons (Fsp3) is 0.222. The molecule has 7 nitrogen and oxygen atoms in total. The first-order valence-electron chi connectivity index (χ1n) is 11.1. The lowest BCUT2D eigenvalue weighted by molar-refractivity contribution is -0.140. The van der Waals surface area contributed by atoms with Crippen molar-refractivity contribution in [3.05, 3.63) is 95.3 Å². The van der Waals surface area contributed by atoms with Crippen molar-refractivity contribution in [1.82, 2.24) is 9.88 Å². The van der Waals surface area contributed by atoms with E-state index in [1.54, 1.807) is 54.9 Å². The van der Waals surface area contributed by atoms with Crippen LogP contribution in [0.5, 0.6) is 11.5 Å². The van der Waals surface area contributed by atoms with E-state index in [9.17, 15) is 14.7 Å². The van der Waals surface area contributed by atoms with Crippen molar-refractivity contribution in [2.24, 2.45) is 0 Å². The molecule has 1 aromatic heterocycles. The largest absolute Gasteiger partial charge is 0.507 e. The maximum atomic E-state index is 13.2. The molecule has 1 amide bonds. The number of aliphatic hydroxyl groups excluding tert-OH is 1. The number of hydrogen-bond acceptors (Lipinski definition) is 6. The van der Waals surface area contributed by atoms with Gasteiger partial charge in [-0.05, 0) is 48.4 Å². The number of para-hydroxylation sites is 1. The summed E-state index contributed by atoms with van der Waals surface area (Å²) in [5.41, 5.74) is 1.81. The molecule has 3 aromatic rings. The minimum Gasteiger partial charge on any atom is -0.507 e. The van der Waals surface area contributed by atoms with Crippen LogP contribution < -0.4 is 9.47 Å². The van der Waals surface area contributed by atoms with E-state index in [1.165, 1.54) is 12.0 Å². The smallest absolute Gasteiger partial charge is 0.295 e. The Balaban J connectivity index is 1.82. The molecule has 34 heavy (non-hydrogen) atoms. The molecule has 7 heteroatoms. The normalized spacial score (nSPS) is 17.1. The van der Waals surface area contributed by atoms with Crippen LogP contribution in [0.4, 0.5) is 0 Å². The molecule has 1 fully saturated rings. The molecule has 174 valence electrons. The SMILES string of the molecule is CCCOc1ccc(/C(O)=C2\C(=O)C(=O)N(Cc3cccnc3)C2c2ccccc2OC)cc1. The first-order chi connectivity index (χ1) is 16.5. The molecule has 0 spiro atoms. The fourth-order valence-corrected chi connectivity index (χ4v) is 4.03. The van der Waals surface area contributed by atoms with Crippen LogP contribution in [0.2, 0.25) is 0 Å². The van der Waals surface area contributed by atoms with Crippen molar-refractivity contribution in [2.75, 3.05) is 13.7 Å². The van der Waals surface area contributed by atoms with Gasteiger partial charge in [0.15, 0.2) is 0 Å². The average molecular weight is 459 g/mol. The zero-order valence-corrected chi connectivity index (χ0v) is 19.1. The molecule has 0 aliphatic carbocycles. The van der Waals surface area contributed by atoms with Gasteiger partial charge in [0.1, 0.15) is 17.3 Å². The lowest BCUT2D eigenvalue weighted by Crippen LogP contribution is -2.29. The number of hydrogen-bond donors (Lipinski definition) is 1. The predicted octanol–water partition coefficient (Wildman–Crippen LogP) is 4.50. The number of carbonyl (C=O) groups is 2. The summed E-state index contributed by atoms with van der Waals surface area (Å²) in [6, 6.07) is 16.8. The second-order valence-corrected chi connectivity index (χ2v) is 7.90. The average Bonchev–Trinajstić information content (AvgIpc) is 3.12. The molecule has 1 saturated heterocycles. The quantitative estimate of drug-likeness (QED) is 0.304. The summed E-state index contributed by atoms with van der Waals surface area (Å²) in [5, 5.41) is 11.2. The molecule has 1 N–H and O–H groups in total. The summed E-state index contributed by atoms with van der Waals surface area (Å²) in [6.45, 7) is 2.75. The summed E-state index contributed by atoms with van der Waals surface area (Å²) < 4.78 is 11.1. The molecule has 1 aliphatic heterocycles. The Morgan fingerprint density at radius 3 is 2.50 bits per heavy atom. The third kappa shape index (κ3) is 4.50. The summed E-state index contributed by atoms with van der Waals surface area (Å²) >= 11 is 0. The van der Waals surface area contributed by atoms with Crippen molar-refractivity contribution in [2.45, 2.75) is 25.9 Å². The number of ketones is 1. The van der Waals surface area contributed by atoms with E-state index < -0.39 is 17.7 Å². The maximum absolute atomic E-state index is 13.2. The van der Waals surface area contributed by atoms with Crippen molar-refractivity contribution in [3.63, 3.8) is 0 Å². The number of Topliss-reactive ketones (excluding diaryl/α,β-unsaturated/α-hetero) is 1. The second kappa shape index (κ2) is 10.2. The summed E-state index contributed by atoms with van der Waals surface area (Å²) in [7, 11) is 1.53. The predicted molar refractivity (Wildman–Crippen MR) is 127 cm³/mol. The van der Waals surface area contributed by atoms with Gasteiger partial charge in [0.05, 0.1) is 25.3 Å². The van der Waals surface area contributed by atoms with E-state index in [0.717, 1.165) is 12.0 Å². The highest BCUT2D eigenvalue weighted by atomic mass is 16.5. The van der Waals surface area contributed by atoms with Crippen molar-refractivity contribution < 1.29 is 24.2 Å². The highest BCUT2D eigenvalue weighted by Crippen LogP contribution is 2.43. The van der Waals surface area contributed by atoms with E-state index in [-0.39, 0.29) is 17.9 Å². The zero-order valence-electron chi connectivity index (χ0n) is 19.1. The first-order valence-corrected chi connectivity index (χ1v) is 11.1. The van der Waals surface area contributed by atoms with Gasteiger partial charge in [-0.25, -0.2) is 0 Å². The van der Waals surface area contributed by atoms with E-state index in [0.29, 0.717) is 29.2 Å². The van der Waals surface area contributed by atoms with Crippen LogP contribution in [0.15, 0.2) is 78.6 Å². The standard InChI is InChI=1S/C27H26N2O5/c1-3-15-34-20-12-10-19(11-13-20)25(30)23-24(21-8-4-5-9-22(21)33-2)29(27(32)26(23)31)17-18-7-6-14-28-16-18/h4-14,16,24,30H,3,15,17H2,1-2H3/b25-23+. The first kappa shape index (κ1) is 23.0. The number of aliphatic hydroxyl groups is 1. The molecule has 0 saturated carbocycles. The van der Waals surface area contributed by atoms with Gasteiger partial charge in [-0.15, -0.1) is 0 Å². The molecule has 2 aromatic carbocycles. The van der Waals surface area contributed by atoms with E-state index >= 15 is 0 Å². The van der Waals surface area contributed by atoms with Gasteiger partial charge in [-0.2, -0.15) is 0 Å². The Morgan fingerprint density at radius 1 is 1.06 bits per heavy atom. The second-order valence-electron chi connectivity index (χ2n) is 7.90. The number of aromatic nitrogens is 1. The molecule has 1 aliphatic rings. The highest BCUT2D eigenvalue weighted by molar-refractivity contribution is 6.46. The molecule has 1 atom stereocenters. The molecular formula is C27H26N2O5. The molecule has 0 bridgehead atoms. The number of nitrogens with zero attached hydrogens (tertiary/aromatic N) is 2. The van der Waals surface area contributed by atoms with Crippen molar-refractivity contribution >= 4 is 17.4 Å². The van der Waals surface area contributed by atoms with Crippen LogP contribution in [-0.4, -0.2) is 40.4 Å². The monoisotopic (exact) mass is 458 g/mol. The maximum Gasteiger partial charge on any atom is 0.295 e. The summed E-state index contributed by atoms with van der Waals surface area (Å²) in [4.78, 5) is 31.9. The molecule has 0 radical (unpaired) electrons. The van der Waals surface area contributed by atoms with Crippen LogP contribution in [0.25, 0.3) is 5.76 Å². The van der Waals surface area contributed by atoms with Crippen LogP contribution in [0.3, 0.4) is 0 Å². The topological polar surface area (TPSA) is 89.0 Å². The number of pyridine rings is 1. The molecular weight excluding hydrogens is 432 g/mol. The number of rotatable bonds is 8. The number of carbonyl (C=O) groups excluding carboxylic acids is 2. The van der Waals surface area contributed by atoms with Crippen LogP contribution in [0.1, 0.15) is 36.1 Å². The number of ether oxygens (including phenoxy) is 2. The van der Waals surface area contributed by atoms with E-state index in [1.807, 2.05) is 25.1 Å².